The molecule has 0 aliphatic carbocycles. The predicted octanol–water partition coefficient (Wildman–Crippen LogP) is 0.678. The fraction of sp³-hybridized carbons (Fsp3) is 0.583. The first kappa shape index (κ1) is 15.4. The van der Waals surface area contributed by atoms with E-state index in [4.69, 9.17) is 0 Å². The zero-order valence-corrected chi connectivity index (χ0v) is 11.9. The Bertz CT molecular complexity index is 492. The normalized spacial score (nSPS) is 10.2. The van der Waals surface area contributed by atoms with Gasteiger partial charge in [-0.05, 0) is 13.3 Å². The number of aryl methyl sites for hydroxylation is 1. The number of rotatable bonds is 7. The van der Waals surface area contributed by atoms with Crippen molar-refractivity contribution in [3.8, 4) is 0 Å². The van der Waals surface area contributed by atoms with Gasteiger partial charge >= 0.3 is 10.8 Å². The Balaban J connectivity index is 2.22. The van der Waals surface area contributed by atoms with Crippen molar-refractivity contribution >= 4 is 23.2 Å². The van der Waals surface area contributed by atoms with Gasteiger partial charge in [-0.15, -0.1) is 0 Å². The minimum absolute atomic E-state index is 0.0454. The van der Waals surface area contributed by atoms with Crippen LogP contribution < -0.4 is 10.2 Å². The third kappa shape index (κ3) is 5.25. The third-order valence-electron chi connectivity index (χ3n) is 2.65. The monoisotopic (exact) mass is 286 g/mol. The highest BCUT2D eigenvalue weighted by molar-refractivity contribution is 7.07. The van der Waals surface area contributed by atoms with Gasteiger partial charge in [-0.1, -0.05) is 11.3 Å². The first-order chi connectivity index (χ1) is 9.04. The number of hydrogen-bond donors (Lipinski definition) is 1. The standard InChI is InChI=1S/C12H18N2O4S/c1-9-8-19-12(17)14(9)7-5-10(15)13-6-3-4-11(16)18-2/h8H,3-7H2,1-2H3,(H,13,15). The number of hydrogen-bond acceptors (Lipinski definition) is 5. The number of amides is 1. The van der Waals surface area contributed by atoms with Crippen molar-refractivity contribution in [3.05, 3.63) is 20.7 Å². The summed E-state index contributed by atoms with van der Waals surface area (Å²) in [5.74, 6) is -0.405. The molecule has 1 heterocycles. The number of esters is 1. The fourth-order valence-electron chi connectivity index (χ4n) is 1.54. The lowest BCUT2D eigenvalue weighted by atomic mass is 10.3. The van der Waals surface area contributed by atoms with Crippen molar-refractivity contribution in [1.29, 1.82) is 0 Å². The van der Waals surface area contributed by atoms with Crippen molar-refractivity contribution in [2.45, 2.75) is 32.7 Å². The van der Waals surface area contributed by atoms with E-state index in [0.717, 1.165) is 17.0 Å². The van der Waals surface area contributed by atoms with Gasteiger partial charge in [-0.25, -0.2) is 0 Å². The molecule has 6 nitrogen and oxygen atoms in total. The van der Waals surface area contributed by atoms with E-state index >= 15 is 0 Å². The molecule has 1 N–H and O–H groups in total. The topological polar surface area (TPSA) is 77.4 Å². The Kier molecular flexibility index (Phi) is 6.27. The molecule has 0 aromatic carbocycles. The van der Waals surface area contributed by atoms with Crippen molar-refractivity contribution in [3.63, 3.8) is 0 Å². The van der Waals surface area contributed by atoms with Crippen LogP contribution in [0.15, 0.2) is 10.2 Å². The van der Waals surface area contributed by atoms with Gasteiger partial charge in [-0.2, -0.15) is 0 Å². The number of carbonyl (C=O) groups is 2. The molecule has 106 valence electrons. The Morgan fingerprint density at radius 2 is 2.16 bits per heavy atom. The lowest BCUT2D eigenvalue weighted by Gasteiger charge is -2.06. The van der Waals surface area contributed by atoms with Gasteiger partial charge in [0.1, 0.15) is 0 Å². The maximum absolute atomic E-state index is 11.5. The highest BCUT2D eigenvalue weighted by Gasteiger charge is 2.06. The molecule has 0 fully saturated rings. The summed E-state index contributed by atoms with van der Waals surface area (Å²) >= 11 is 1.13. The molecule has 1 aromatic heterocycles. The minimum atomic E-state index is -0.283. The summed E-state index contributed by atoms with van der Waals surface area (Å²) in [6, 6.07) is 0. The number of nitrogens with one attached hydrogen (secondary N) is 1. The summed E-state index contributed by atoms with van der Waals surface area (Å²) in [5.41, 5.74) is 0.869. The van der Waals surface area contributed by atoms with Crippen LogP contribution in [-0.2, 0) is 20.9 Å². The summed E-state index contributed by atoms with van der Waals surface area (Å²) in [6.07, 6.45) is 1.10. The Morgan fingerprint density at radius 1 is 1.42 bits per heavy atom. The van der Waals surface area contributed by atoms with Crippen molar-refractivity contribution < 1.29 is 14.3 Å². The van der Waals surface area contributed by atoms with Crippen molar-refractivity contribution in [1.82, 2.24) is 9.88 Å². The number of nitrogens with zero attached hydrogens (tertiary/aromatic N) is 1. The molecule has 0 saturated heterocycles. The number of thiazole rings is 1. The van der Waals surface area contributed by atoms with Crippen LogP contribution in [0.5, 0.6) is 0 Å². The van der Waals surface area contributed by atoms with Gasteiger partial charge in [0, 0.05) is 37.0 Å². The molecule has 7 heteroatoms. The zero-order valence-electron chi connectivity index (χ0n) is 11.1. The van der Waals surface area contributed by atoms with E-state index in [1.807, 2.05) is 6.92 Å². The van der Waals surface area contributed by atoms with E-state index in [0.29, 0.717) is 25.9 Å². The SMILES string of the molecule is COC(=O)CCCNC(=O)CCn1c(C)csc1=O. The summed E-state index contributed by atoms with van der Waals surface area (Å²) in [6.45, 7) is 2.66. The first-order valence-corrected chi connectivity index (χ1v) is 6.91. The van der Waals surface area contributed by atoms with Crippen LogP contribution in [0.25, 0.3) is 0 Å². The molecule has 0 saturated carbocycles. The Morgan fingerprint density at radius 3 is 2.74 bits per heavy atom. The van der Waals surface area contributed by atoms with Crippen LogP contribution in [0.4, 0.5) is 0 Å². The van der Waals surface area contributed by atoms with E-state index in [1.165, 1.54) is 7.11 Å². The van der Waals surface area contributed by atoms with Crippen LogP contribution in [0.3, 0.4) is 0 Å². The Labute approximate surface area is 115 Å². The molecule has 0 unspecified atom stereocenters. The van der Waals surface area contributed by atoms with Gasteiger partial charge in [0.2, 0.25) is 5.91 Å². The molecule has 19 heavy (non-hydrogen) atoms. The molecule has 0 aliphatic heterocycles. The lowest BCUT2D eigenvalue weighted by Crippen LogP contribution is -2.27. The van der Waals surface area contributed by atoms with Gasteiger partial charge < -0.3 is 14.6 Å². The van der Waals surface area contributed by atoms with E-state index < -0.39 is 0 Å². The van der Waals surface area contributed by atoms with E-state index in [2.05, 4.69) is 10.1 Å². The lowest BCUT2D eigenvalue weighted by molar-refractivity contribution is -0.140. The number of carbonyl (C=O) groups excluding carboxylic acids is 2. The smallest absolute Gasteiger partial charge is 0.307 e. The molecule has 1 amide bonds. The largest absolute Gasteiger partial charge is 0.469 e. The van der Waals surface area contributed by atoms with Gasteiger partial charge in [0.15, 0.2) is 0 Å². The molecule has 1 rings (SSSR count). The average molecular weight is 286 g/mol. The minimum Gasteiger partial charge on any atom is -0.469 e. The summed E-state index contributed by atoms with van der Waals surface area (Å²) in [4.78, 5) is 33.8. The highest BCUT2D eigenvalue weighted by Crippen LogP contribution is 2.00. The Hall–Kier alpha value is -1.63. The zero-order chi connectivity index (χ0) is 14.3. The maximum Gasteiger partial charge on any atom is 0.307 e. The number of ether oxygens (including phenoxy) is 1. The molecule has 0 aliphatic rings. The second-order valence-electron chi connectivity index (χ2n) is 4.07. The van der Waals surface area contributed by atoms with Gasteiger partial charge in [0.25, 0.3) is 0 Å². The average Bonchev–Trinajstić information content (AvgIpc) is 2.71. The van der Waals surface area contributed by atoms with Crippen LogP contribution in [0, 0.1) is 6.92 Å². The van der Waals surface area contributed by atoms with Crippen LogP contribution in [0.2, 0.25) is 0 Å². The molecule has 0 spiro atoms. The molecule has 0 radical (unpaired) electrons. The highest BCUT2D eigenvalue weighted by atomic mass is 32.1. The van der Waals surface area contributed by atoms with Crippen LogP contribution >= 0.6 is 11.3 Å². The maximum atomic E-state index is 11.5. The van der Waals surface area contributed by atoms with Crippen molar-refractivity contribution in [2.75, 3.05) is 13.7 Å². The third-order valence-corrected chi connectivity index (χ3v) is 3.53. The molecule has 0 bridgehead atoms. The second kappa shape index (κ2) is 7.73. The van der Waals surface area contributed by atoms with E-state index in [1.54, 1.807) is 9.95 Å². The summed E-state index contributed by atoms with van der Waals surface area (Å²) in [7, 11) is 1.34. The van der Waals surface area contributed by atoms with Crippen molar-refractivity contribution in [2.24, 2.45) is 0 Å². The summed E-state index contributed by atoms with van der Waals surface area (Å²) in [5, 5.41) is 4.48. The van der Waals surface area contributed by atoms with E-state index in [-0.39, 0.29) is 23.2 Å². The van der Waals surface area contributed by atoms with Crippen LogP contribution in [-0.4, -0.2) is 30.1 Å². The van der Waals surface area contributed by atoms with E-state index in [9.17, 15) is 14.4 Å². The quantitative estimate of drug-likeness (QED) is 0.590. The molecular formula is C12H18N2O4S. The fourth-order valence-corrected chi connectivity index (χ4v) is 2.30. The number of aromatic nitrogens is 1. The first-order valence-electron chi connectivity index (χ1n) is 6.03. The van der Waals surface area contributed by atoms with Gasteiger partial charge in [-0.3, -0.25) is 14.4 Å². The number of methoxy groups -OCH3 is 1. The second-order valence-corrected chi connectivity index (χ2v) is 4.89. The van der Waals surface area contributed by atoms with Crippen LogP contribution in [0.1, 0.15) is 25.0 Å². The molecule has 0 atom stereocenters. The summed E-state index contributed by atoms with van der Waals surface area (Å²) < 4.78 is 6.07. The predicted molar refractivity (Wildman–Crippen MR) is 72.2 cm³/mol. The molecule has 1 aromatic rings. The van der Waals surface area contributed by atoms with Gasteiger partial charge in [0.05, 0.1) is 7.11 Å². The molecular weight excluding hydrogens is 268 g/mol.